The zero-order valence-electron chi connectivity index (χ0n) is 20.3. The van der Waals surface area contributed by atoms with Gasteiger partial charge in [0.05, 0.1) is 6.04 Å². The molecule has 3 atom stereocenters. The van der Waals surface area contributed by atoms with Crippen molar-refractivity contribution in [2.75, 3.05) is 13.1 Å². The molecule has 0 spiro atoms. The summed E-state index contributed by atoms with van der Waals surface area (Å²) in [6.45, 7) is 4.72. The van der Waals surface area contributed by atoms with Gasteiger partial charge in [0.25, 0.3) is 0 Å². The van der Waals surface area contributed by atoms with E-state index in [0.29, 0.717) is 57.4 Å². The van der Waals surface area contributed by atoms with Gasteiger partial charge in [0.1, 0.15) is 18.4 Å². The van der Waals surface area contributed by atoms with Gasteiger partial charge in [0.2, 0.25) is 17.7 Å². The van der Waals surface area contributed by atoms with Crippen LogP contribution in [0.2, 0.25) is 0 Å². The maximum Gasteiger partial charge on any atom is 0.246 e. The molecule has 2 heterocycles. The Hall–Kier alpha value is -3.58. The van der Waals surface area contributed by atoms with Crippen molar-refractivity contribution < 1.29 is 19.2 Å². The topological polar surface area (TPSA) is 214 Å². The summed E-state index contributed by atoms with van der Waals surface area (Å²) in [5, 5.41) is 19.1. The second-order valence-electron chi connectivity index (χ2n) is 8.97. The first-order valence-electron chi connectivity index (χ1n) is 11.8. The number of tetrazole rings is 1. The summed E-state index contributed by atoms with van der Waals surface area (Å²) in [6.07, 6.45) is 3.59. The van der Waals surface area contributed by atoms with Gasteiger partial charge in [-0.2, -0.15) is 5.21 Å². The number of guanidine groups is 1. The van der Waals surface area contributed by atoms with Gasteiger partial charge in [-0.3, -0.25) is 19.4 Å². The van der Waals surface area contributed by atoms with E-state index in [1.807, 2.05) is 13.8 Å². The average molecular weight is 493 g/mol. The zero-order chi connectivity index (χ0) is 25.8. The summed E-state index contributed by atoms with van der Waals surface area (Å²) in [7, 11) is 0. The molecule has 0 bridgehead atoms. The fourth-order valence-electron chi connectivity index (χ4n) is 3.81. The SMILES string of the molecule is CC(C)CCC(=O)N[C@H](Cc1nn[nH]n1)C(=O)N1CCC[C@H]1C(=O)N[C@@H](C=O)CCCN=C(N)N. The Labute approximate surface area is 204 Å². The summed E-state index contributed by atoms with van der Waals surface area (Å²) >= 11 is 0. The molecule has 0 unspecified atom stereocenters. The van der Waals surface area contributed by atoms with E-state index in [4.69, 9.17) is 11.5 Å². The van der Waals surface area contributed by atoms with Crippen LogP contribution in [0.4, 0.5) is 0 Å². The highest BCUT2D eigenvalue weighted by atomic mass is 16.2. The van der Waals surface area contributed by atoms with Crippen molar-refractivity contribution in [3.63, 3.8) is 0 Å². The lowest BCUT2D eigenvalue weighted by molar-refractivity contribution is -0.141. The number of carbonyl (C=O) groups is 4. The molecule has 0 radical (unpaired) electrons. The van der Waals surface area contributed by atoms with Crippen LogP contribution in [0.5, 0.6) is 0 Å². The lowest BCUT2D eigenvalue weighted by Gasteiger charge is -2.29. The van der Waals surface area contributed by atoms with Crippen LogP contribution in [-0.4, -0.2) is 86.7 Å². The van der Waals surface area contributed by atoms with Crippen molar-refractivity contribution in [1.29, 1.82) is 0 Å². The van der Waals surface area contributed by atoms with Crippen molar-refractivity contribution >= 4 is 30.0 Å². The molecule has 14 heteroatoms. The molecule has 1 fully saturated rings. The molecule has 14 nitrogen and oxygen atoms in total. The van der Waals surface area contributed by atoms with E-state index in [0.717, 1.165) is 0 Å². The Balaban J connectivity index is 2.04. The van der Waals surface area contributed by atoms with E-state index in [1.54, 1.807) is 0 Å². The Kier molecular flexibility index (Phi) is 11.0. The summed E-state index contributed by atoms with van der Waals surface area (Å²) in [4.78, 5) is 55.6. The number of aliphatic imine (C=N–C) groups is 1. The quantitative estimate of drug-likeness (QED) is 0.0872. The molecular weight excluding hydrogens is 456 g/mol. The van der Waals surface area contributed by atoms with Crippen molar-refractivity contribution in [3.8, 4) is 0 Å². The number of rotatable bonds is 14. The number of nitrogens with one attached hydrogen (secondary N) is 3. The van der Waals surface area contributed by atoms with Crippen molar-refractivity contribution in [3.05, 3.63) is 5.82 Å². The van der Waals surface area contributed by atoms with Crippen LogP contribution in [0, 0.1) is 5.92 Å². The predicted octanol–water partition coefficient (Wildman–Crippen LogP) is -1.61. The van der Waals surface area contributed by atoms with E-state index in [-0.39, 0.29) is 30.5 Å². The van der Waals surface area contributed by atoms with Gasteiger partial charge >= 0.3 is 0 Å². The van der Waals surface area contributed by atoms with E-state index >= 15 is 0 Å². The van der Waals surface area contributed by atoms with Crippen LogP contribution in [0.3, 0.4) is 0 Å². The van der Waals surface area contributed by atoms with E-state index < -0.39 is 29.9 Å². The number of nitrogens with two attached hydrogens (primary N) is 2. The number of aromatic amines is 1. The molecule has 1 aromatic rings. The van der Waals surface area contributed by atoms with Crippen molar-refractivity contribution in [1.82, 2.24) is 36.2 Å². The first-order valence-corrected chi connectivity index (χ1v) is 11.8. The van der Waals surface area contributed by atoms with Gasteiger partial charge in [0, 0.05) is 25.9 Å². The third-order valence-electron chi connectivity index (χ3n) is 5.66. The predicted molar refractivity (Wildman–Crippen MR) is 127 cm³/mol. The molecule has 0 aliphatic carbocycles. The number of hydrogen-bond acceptors (Lipinski definition) is 8. The van der Waals surface area contributed by atoms with Gasteiger partial charge in [-0.15, -0.1) is 10.2 Å². The molecule has 3 amide bonds. The first kappa shape index (κ1) is 27.7. The van der Waals surface area contributed by atoms with Crippen molar-refractivity contribution in [2.45, 2.75) is 76.9 Å². The second-order valence-corrected chi connectivity index (χ2v) is 8.97. The van der Waals surface area contributed by atoms with Crippen LogP contribution in [0.25, 0.3) is 0 Å². The fraction of sp³-hybridized carbons (Fsp3) is 0.714. The molecule has 1 aromatic heterocycles. The zero-order valence-corrected chi connectivity index (χ0v) is 20.3. The number of likely N-dealkylation sites (tertiary alicyclic amines) is 1. The lowest BCUT2D eigenvalue weighted by Crippen LogP contribution is -2.55. The first-order chi connectivity index (χ1) is 16.7. The molecule has 1 saturated heterocycles. The monoisotopic (exact) mass is 492 g/mol. The molecule has 0 aromatic carbocycles. The van der Waals surface area contributed by atoms with Gasteiger partial charge in [-0.05, 0) is 38.0 Å². The van der Waals surface area contributed by atoms with Gasteiger partial charge in [-0.1, -0.05) is 19.1 Å². The normalized spacial score (nSPS) is 17.0. The Bertz CT molecular complexity index is 869. The largest absolute Gasteiger partial charge is 0.370 e. The highest BCUT2D eigenvalue weighted by Crippen LogP contribution is 2.20. The summed E-state index contributed by atoms with van der Waals surface area (Å²) in [5.74, 6) is -0.510. The van der Waals surface area contributed by atoms with Gasteiger partial charge in [0.15, 0.2) is 11.8 Å². The van der Waals surface area contributed by atoms with Crippen LogP contribution in [-0.2, 0) is 25.6 Å². The average Bonchev–Trinajstić information content (AvgIpc) is 3.50. The Morgan fingerprint density at radius 1 is 1.26 bits per heavy atom. The number of carbonyl (C=O) groups excluding carboxylic acids is 4. The number of amides is 3. The van der Waals surface area contributed by atoms with Crippen LogP contribution < -0.4 is 22.1 Å². The highest BCUT2D eigenvalue weighted by Gasteiger charge is 2.38. The van der Waals surface area contributed by atoms with E-state index in [2.05, 4.69) is 36.3 Å². The number of nitrogens with zero attached hydrogens (tertiary/aromatic N) is 5. The smallest absolute Gasteiger partial charge is 0.246 e. The molecule has 1 aliphatic heterocycles. The number of H-pyrrole nitrogens is 1. The lowest BCUT2D eigenvalue weighted by atomic mass is 10.1. The maximum atomic E-state index is 13.4. The summed E-state index contributed by atoms with van der Waals surface area (Å²) in [5.41, 5.74) is 10.6. The molecule has 194 valence electrons. The summed E-state index contributed by atoms with van der Waals surface area (Å²) in [6, 6.07) is -2.41. The molecule has 7 N–H and O–H groups in total. The molecule has 2 rings (SSSR count). The number of aromatic nitrogens is 4. The maximum absolute atomic E-state index is 13.4. The standard InChI is InChI=1S/C21H36N10O4/c1-13(2)7-8-18(33)26-15(11-17-27-29-30-28-17)20(35)31-10-4-6-16(31)19(34)25-14(12-32)5-3-9-24-21(22)23/h12-16H,3-11H2,1-2H3,(H,25,34)(H,26,33)(H4,22,23,24)(H,27,28,29,30)/t14-,15-,16+/m1/s1. The fourth-order valence-corrected chi connectivity index (χ4v) is 3.81. The number of hydrogen-bond donors (Lipinski definition) is 5. The van der Waals surface area contributed by atoms with Gasteiger partial charge < -0.3 is 31.8 Å². The van der Waals surface area contributed by atoms with Crippen LogP contribution >= 0.6 is 0 Å². The summed E-state index contributed by atoms with van der Waals surface area (Å²) < 4.78 is 0. The minimum Gasteiger partial charge on any atom is -0.370 e. The van der Waals surface area contributed by atoms with Crippen LogP contribution in [0.1, 0.15) is 58.2 Å². The molecule has 1 aliphatic rings. The van der Waals surface area contributed by atoms with Crippen molar-refractivity contribution in [2.24, 2.45) is 22.4 Å². The van der Waals surface area contributed by atoms with E-state index in [9.17, 15) is 19.2 Å². The number of aldehydes is 1. The Morgan fingerprint density at radius 2 is 2.03 bits per heavy atom. The molecule has 0 saturated carbocycles. The minimum atomic E-state index is -0.942. The van der Waals surface area contributed by atoms with Gasteiger partial charge in [-0.25, -0.2) is 0 Å². The van der Waals surface area contributed by atoms with Crippen LogP contribution in [0.15, 0.2) is 4.99 Å². The molecule has 35 heavy (non-hydrogen) atoms. The molecular formula is C21H36N10O4. The minimum absolute atomic E-state index is 0.0370. The third-order valence-corrected chi connectivity index (χ3v) is 5.66. The third kappa shape index (κ3) is 9.29. The second kappa shape index (κ2) is 14.0. The highest BCUT2D eigenvalue weighted by molar-refractivity contribution is 5.93. The Morgan fingerprint density at radius 3 is 2.66 bits per heavy atom. The van der Waals surface area contributed by atoms with E-state index in [1.165, 1.54) is 4.90 Å².